The molecule has 112 valence electrons. The number of aliphatic hydroxyl groups excluding tert-OH is 1. The minimum absolute atomic E-state index is 0.284. The summed E-state index contributed by atoms with van der Waals surface area (Å²) in [5.41, 5.74) is 0.567. The summed E-state index contributed by atoms with van der Waals surface area (Å²) in [6.07, 6.45) is -4.35. The summed E-state index contributed by atoms with van der Waals surface area (Å²) in [4.78, 5) is 0. The fraction of sp³-hybridized carbons (Fsp3) is 0.538. The van der Waals surface area contributed by atoms with Crippen LogP contribution in [0.3, 0.4) is 0 Å². The average molecular weight is 307 g/mol. The third kappa shape index (κ3) is 4.88. The molecule has 0 saturated carbocycles. The topological polar surface area (TPSA) is 41.5 Å². The van der Waals surface area contributed by atoms with E-state index in [1.807, 2.05) is 11.8 Å². The molecule has 0 bridgehead atoms. The van der Waals surface area contributed by atoms with E-state index in [2.05, 4.69) is 10.1 Å². The molecule has 1 fully saturated rings. The van der Waals surface area contributed by atoms with E-state index in [1.54, 1.807) is 0 Å². The van der Waals surface area contributed by atoms with Crippen molar-refractivity contribution in [2.75, 3.05) is 18.1 Å². The average Bonchev–Trinajstić information content (AvgIpc) is 2.88. The van der Waals surface area contributed by atoms with Gasteiger partial charge in [-0.05, 0) is 29.9 Å². The van der Waals surface area contributed by atoms with Crippen molar-refractivity contribution in [2.24, 2.45) is 0 Å². The molecule has 1 aromatic carbocycles. The van der Waals surface area contributed by atoms with Crippen LogP contribution in [-0.4, -0.2) is 35.6 Å². The molecule has 0 amide bonds. The Kier molecular flexibility index (Phi) is 5.17. The SMILES string of the molecule is O[C@H](CN[C@H]1CCSC1)c1ccc(OC(F)(F)F)cc1. The molecular formula is C13H16F3NO2S. The highest BCUT2D eigenvalue weighted by molar-refractivity contribution is 7.99. The number of ether oxygens (including phenoxy) is 1. The highest BCUT2D eigenvalue weighted by Crippen LogP contribution is 2.24. The molecule has 1 aliphatic rings. The maximum atomic E-state index is 12.0. The highest BCUT2D eigenvalue weighted by atomic mass is 32.2. The summed E-state index contributed by atoms with van der Waals surface area (Å²) in [6.45, 7) is 0.394. The first-order chi connectivity index (χ1) is 9.44. The van der Waals surface area contributed by atoms with Gasteiger partial charge in [-0.2, -0.15) is 11.8 Å². The first-order valence-electron chi connectivity index (χ1n) is 6.29. The molecule has 7 heteroatoms. The van der Waals surface area contributed by atoms with Crippen molar-refractivity contribution in [3.63, 3.8) is 0 Å². The molecule has 2 atom stereocenters. The summed E-state index contributed by atoms with van der Waals surface area (Å²) in [5, 5.41) is 13.2. The Morgan fingerprint density at radius 2 is 2.05 bits per heavy atom. The summed E-state index contributed by atoms with van der Waals surface area (Å²) >= 11 is 1.87. The lowest BCUT2D eigenvalue weighted by molar-refractivity contribution is -0.274. The van der Waals surface area contributed by atoms with Gasteiger partial charge >= 0.3 is 6.36 Å². The first-order valence-corrected chi connectivity index (χ1v) is 7.44. The number of hydrogen-bond donors (Lipinski definition) is 2. The number of halogens is 3. The lowest BCUT2D eigenvalue weighted by atomic mass is 10.1. The molecule has 0 spiro atoms. The maximum Gasteiger partial charge on any atom is 0.573 e. The monoisotopic (exact) mass is 307 g/mol. The minimum Gasteiger partial charge on any atom is -0.406 e. The van der Waals surface area contributed by atoms with Gasteiger partial charge < -0.3 is 15.2 Å². The number of benzene rings is 1. The fourth-order valence-electron chi connectivity index (χ4n) is 1.98. The Hall–Kier alpha value is -0.920. The number of hydrogen-bond acceptors (Lipinski definition) is 4. The van der Waals surface area contributed by atoms with Gasteiger partial charge in [0.1, 0.15) is 5.75 Å². The van der Waals surface area contributed by atoms with Crippen LogP contribution in [0.5, 0.6) is 5.75 Å². The molecule has 0 aliphatic carbocycles. The van der Waals surface area contributed by atoms with Crippen LogP contribution in [0.15, 0.2) is 24.3 Å². The van der Waals surface area contributed by atoms with Crippen LogP contribution < -0.4 is 10.1 Å². The minimum atomic E-state index is -4.69. The first kappa shape index (κ1) is 15.5. The van der Waals surface area contributed by atoms with Gasteiger partial charge in [0.2, 0.25) is 0 Å². The molecule has 1 aliphatic heterocycles. The molecule has 2 N–H and O–H groups in total. The number of rotatable bonds is 5. The molecule has 1 saturated heterocycles. The normalized spacial score (nSPS) is 20.9. The summed E-state index contributed by atoms with van der Waals surface area (Å²) < 4.78 is 39.8. The fourth-order valence-corrected chi connectivity index (χ4v) is 3.17. The molecule has 0 unspecified atom stereocenters. The molecule has 1 aromatic rings. The van der Waals surface area contributed by atoms with Gasteiger partial charge in [-0.15, -0.1) is 13.2 Å². The molecular weight excluding hydrogens is 291 g/mol. The van der Waals surface area contributed by atoms with Gasteiger partial charge in [0.25, 0.3) is 0 Å². The van der Waals surface area contributed by atoms with Gasteiger partial charge in [-0.1, -0.05) is 12.1 Å². The van der Waals surface area contributed by atoms with E-state index in [9.17, 15) is 18.3 Å². The van der Waals surface area contributed by atoms with Crippen molar-refractivity contribution in [3.8, 4) is 5.75 Å². The van der Waals surface area contributed by atoms with Gasteiger partial charge in [0.05, 0.1) is 6.10 Å². The van der Waals surface area contributed by atoms with Crippen LogP contribution in [0.1, 0.15) is 18.1 Å². The van der Waals surface area contributed by atoms with E-state index in [0.717, 1.165) is 17.9 Å². The number of thioether (sulfide) groups is 1. The van der Waals surface area contributed by atoms with Crippen molar-refractivity contribution in [1.82, 2.24) is 5.32 Å². The lowest BCUT2D eigenvalue weighted by Crippen LogP contribution is -2.32. The van der Waals surface area contributed by atoms with Crippen molar-refractivity contribution in [2.45, 2.75) is 24.9 Å². The summed E-state index contributed by atoms with van der Waals surface area (Å²) in [7, 11) is 0. The zero-order valence-corrected chi connectivity index (χ0v) is 11.5. The Balaban J connectivity index is 1.85. The Labute approximate surface area is 119 Å². The highest BCUT2D eigenvalue weighted by Gasteiger charge is 2.31. The summed E-state index contributed by atoms with van der Waals surface area (Å²) in [5.74, 6) is 1.87. The smallest absolute Gasteiger partial charge is 0.406 e. The predicted octanol–water partition coefficient (Wildman–Crippen LogP) is 2.71. The van der Waals surface area contributed by atoms with Crippen LogP contribution in [0.25, 0.3) is 0 Å². The van der Waals surface area contributed by atoms with Crippen molar-refractivity contribution < 1.29 is 23.0 Å². The van der Waals surface area contributed by atoms with Crippen molar-refractivity contribution in [1.29, 1.82) is 0 Å². The largest absolute Gasteiger partial charge is 0.573 e. The second-order valence-corrected chi connectivity index (χ2v) is 5.75. The van der Waals surface area contributed by atoms with Crippen molar-refractivity contribution >= 4 is 11.8 Å². The maximum absolute atomic E-state index is 12.0. The molecule has 0 radical (unpaired) electrons. The van der Waals surface area contributed by atoms with Crippen LogP contribution >= 0.6 is 11.8 Å². The van der Waals surface area contributed by atoms with E-state index in [0.29, 0.717) is 18.2 Å². The van der Waals surface area contributed by atoms with Crippen LogP contribution in [0.2, 0.25) is 0 Å². The standard InChI is InChI=1S/C13H16F3NO2S/c14-13(15,16)19-11-3-1-9(2-4-11)12(18)7-17-10-5-6-20-8-10/h1-4,10,12,17-18H,5-8H2/t10-,12+/m0/s1. The Morgan fingerprint density at radius 3 is 2.60 bits per heavy atom. The zero-order chi connectivity index (χ0) is 14.6. The van der Waals surface area contributed by atoms with E-state index in [1.165, 1.54) is 24.3 Å². The van der Waals surface area contributed by atoms with Crippen molar-refractivity contribution in [3.05, 3.63) is 29.8 Å². The third-order valence-corrected chi connectivity index (χ3v) is 4.19. The van der Waals surface area contributed by atoms with Gasteiger partial charge in [-0.25, -0.2) is 0 Å². The van der Waals surface area contributed by atoms with Crippen LogP contribution in [-0.2, 0) is 0 Å². The third-order valence-electron chi connectivity index (χ3n) is 3.03. The molecule has 3 nitrogen and oxygen atoms in total. The Bertz CT molecular complexity index is 419. The van der Waals surface area contributed by atoms with Crippen LogP contribution in [0.4, 0.5) is 13.2 Å². The molecule has 1 heterocycles. The second kappa shape index (κ2) is 6.69. The van der Waals surface area contributed by atoms with E-state index in [4.69, 9.17) is 0 Å². The molecule has 20 heavy (non-hydrogen) atoms. The van der Waals surface area contributed by atoms with Gasteiger partial charge in [-0.3, -0.25) is 0 Å². The molecule has 0 aromatic heterocycles. The number of alkyl halides is 3. The quantitative estimate of drug-likeness (QED) is 0.878. The molecule has 2 rings (SSSR count). The van der Waals surface area contributed by atoms with E-state index in [-0.39, 0.29) is 5.75 Å². The van der Waals surface area contributed by atoms with E-state index >= 15 is 0 Å². The van der Waals surface area contributed by atoms with Gasteiger partial charge in [0, 0.05) is 18.3 Å². The zero-order valence-electron chi connectivity index (χ0n) is 10.7. The van der Waals surface area contributed by atoms with Gasteiger partial charge in [0.15, 0.2) is 0 Å². The predicted molar refractivity (Wildman–Crippen MR) is 71.8 cm³/mol. The second-order valence-electron chi connectivity index (χ2n) is 4.60. The number of aliphatic hydroxyl groups is 1. The van der Waals surface area contributed by atoms with Crippen LogP contribution in [0, 0.1) is 0 Å². The summed E-state index contributed by atoms with van der Waals surface area (Å²) in [6, 6.07) is 5.70. The van der Waals surface area contributed by atoms with E-state index < -0.39 is 12.5 Å². The lowest BCUT2D eigenvalue weighted by Gasteiger charge is -2.16. The number of nitrogens with one attached hydrogen (secondary N) is 1. The Morgan fingerprint density at radius 1 is 1.35 bits per heavy atom.